The number of aromatic nitrogens is 1. The topological polar surface area (TPSA) is 108 Å². The second-order valence-corrected chi connectivity index (χ2v) is 6.02. The van der Waals surface area contributed by atoms with Gasteiger partial charge < -0.3 is 14.8 Å². The van der Waals surface area contributed by atoms with Crippen LogP contribution in [0, 0.1) is 6.92 Å². The predicted molar refractivity (Wildman–Crippen MR) is 76.3 cm³/mol. The molecule has 1 aromatic heterocycles. The quantitative estimate of drug-likeness (QED) is 0.780. The molecule has 21 heavy (non-hydrogen) atoms. The lowest BCUT2D eigenvalue weighted by molar-refractivity contribution is 0.0691. The third-order valence-corrected chi connectivity index (χ3v) is 4.22. The number of hydrogen-bond donors (Lipinski definition) is 3. The van der Waals surface area contributed by atoms with Gasteiger partial charge in [-0.2, -0.15) is 0 Å². The Labute approximate surface area is 121 Å². The van der Waals surface area contributed by atoms with Gasteiger partial charge in [0, 0.05) is 6.20 Å². The maximum absolute atomic E-state index is 12.2. The van der Waals surface area contributed by atoms with Crippen LogP contribution in [0.15, 0.2) is 35.4 Å². The Balaban J connectivity index is 2.30. The Morgan fingerprint density at radius 1 is 1.33 bits per heavy atom. The Hall–Kier alpha value is -2.48. The van der Waals surface area contributed by atoms with Crippen molar-refractivity contribution >= 4 is 21.7 Å². The van der Waals surface area contributed by atoms with Crippen LogP contribution in [0.25, 0.3) is 0 Å². The van der Waals surface area contributed by atoms with E-state index in [1.807, 2.05) is 0 Å². The van der Waals surface area contributed by atoms with Crippen LogP contribution in [0.4, 0.5) is 5.69 Å². The van der Waals surface area contributed by atoms with Gasteiger partial charge in [0.05, 0.1) is 12.8 Å². The number of H-pyrrole nitrogens is 1. The highest BCUT2D eigenvalue weighted by Gasteiger charge is 2.19. The first-order valence-electron chi connectivity index (χ1n) is 5.92. The molecule has 2 aromatic rings. The number of benzene rings is 1. The third-order valence-electron chi connectivity index (χ3n) is 2.88. The van der Waals surface area contributed by atoms with Crippen LogP contribution in [0.1, 0.15) is 16.1 Å². The van der Waals surface area contributed by atoms with Crippen molar-refractivity contribution < 1.29 is 23.1 Å². The van der Waals surface area contributed by atoms with Crippen LogP contribution in [-0.4, -0.2) is 31.6 Å². The number of nitrogens with one attached hydrogen (secondary N) is 2. The van der Waals surface area contributed by atoms with Gasteiger partial charge in [0.25, 0.3) is 10.0 Å². The first kappa shape index (κ1) is 14.9. The summed E-state index contributed by atoms with van der Waals surface area (Å²) in [5.74, 6) is -0.609. The van der Waals surface area contributed by atoms with Crippen molar-refractivity contribution in [3.8, 4) is 5.75 Å². The van der Waals surface area contributed by atoms with E-state index in [2.05, 4.69) is 9.71 Å². The molecule has 0 bridgehead atoms. The fourth-order valence-corrected chi connectivity index (χ4v) is 2.86. The number of rotatable bonds is 5. The van der Waals surface area contributed by atoms with Crippen LogP contribution >= 0.6 is 0 Å². The largest absolute Gasteiger partial charge is 0.497 e. The zero-order chi connectivity index (χ0) is 15.6. The molecule has 0 saturated heterocycles. The molecule has 2 rings (SSSR count). The van der Waals surface area contributed by atoms with Gasteiger partial charge in [-0.25, -0.2) is 13.2 Å². The van der Waals surface area contributed by atoms with Crippen molar-refractivity contribution in [2.45, 2.75) is 11.8 Å². The summed E-state index contributed by atoms with van der Waals surface area (Å²) in [5.41, 5.74) is 0.891. The van der Waals surface area contributed by atoms with E-state index in [1.54, 1.807) is 25.1 Å². The van der Waals surface area contributed by atoms with E-state index in [9.17, 15) is 13.2 Å². The first-order valence-corrected chi connectivity index (χ1v) is 7.41. The van der Waals surface area contributed by atoms with E-state index in [-0.39, 0.29) is 10.6 Å². The van der Waals surface area contributed by atoms with Gasteiger partial charge in [-0.15, -0.1) is 0 Å². The number of hydrogen-bond acceptors (Lipinski definition) is 4. The average Bonchev–Trinajstić information content (AvgIpc) is 2.91. The average molecular weight is 310 g/mol. The second kappa shape index (κ2) is 5.49. The summed E-state index contributed by atoms with van der Waals surface area (Å²) in [4.78, 5) is 13.0. The Bertz CT molecular complexity index is 780. The molecule has 0 aliphatic heterocycles. The number of aromatic amines is 1. The highest BCUT2D eigenvalue weighted by Crippen LogP contribution is 2.24. The summed E-state index contributed by atoms with van der Waals surface area (Å²) in [6.45, 7) is 1.74. The van der Waals surface area contributed by atoms with Crippen molar-refractivity contribution in [1.29, 1.82) is 0 Å². The molecule has 112 valence electrons. The van der Waals surface area contributed by atoms with Gasteiger partial charge in [0.15, 0.2) is 0 Å². The van der Waals surface area contributed by atoms with Crippen molar-refractivity contribution in [2.75, 3.05) is 11.8 Å². The fourth-order valence-electron chi connectivity index (χ4n) is 1.73. The van der Waals surface area contributed by atoms with Crippen LogP contribution in [0.2, 0.25) is 0 Å². The van der Waals surface area contributed by atoms with Crippen molar-refractivity contribution in [1.82, 2.24) is 4.98 Å². The molecule has 0 aliphatic carbocycles. The van der Waals surface area contributed by atoms with Gasteiger partial charge in [0.2, 0.25) is 0 Å². The predicted octanol–water partition coefficient (Wildman–Crippen LogP) is 1.83. The number of methoxy groups -OCH3 is 1. The molecule has 8 heteroatoms. The number of aromatic carboxylic acids is 1. The third kappa shape index (κ3) is 3.16. The molecular weight excluding hydrogens is 296 g/mol. The summed E-state index contributed by atoms with van der Waals surface area (Å²) < 4.78 is 31.8. The lowest BCUT2D eigenvalue weighted by Crippen LogP contribution is -2.13. The number of ether oxygens (including phenoxy) is 1. The zero-order valence-corrected chi connectivity index (χ0v) is 12.2. The molecular formula is C13H14N2O5S. The maximum Gasteiger partial charge on any atom is 0.352 e. The summed E-state index contributed by atoms with van der Waals surface area (Å²) in [6, 6.07) is 5.96. The SMILES string of the molecule is COc1ccc(NS(=O)(=O)c2c[nH]c(C(=O)O)c2)c(C)c1. The molecule has 0 saturated carbocycles. The minimum absolute atomic E-state index is 0.143. The second-order valence-electron chi connectivity index (χ2n) is 4.34. The fraction of sp³-hybridized carbons (Fsp3) is 0.154. The molecule has 1 heterocycles. The first-order chi connectivity index (χ1) is 9.83. The molecule has 7 nitrogen and oxygen atoms in total. The van der Waals surface area contributed by atoms with E-state index >= 15 is 0 Å². The molecule has 0 radical (unpaired) electrons. The number of carboxylic acid groups (broad SMARTS) is 1. The lowest BCUT2D eigenvalue weighted by atomic mass is 10.2. The summed E-state index contributed by atoms with van der Waals surface area (Å²) in [7, 11) is -2.33. The minimum atomic E-state index is -3.85. The number of anilines is 1. The standard InChI is InChI=1S/C13H14N2O5S/c1-8-5-9(20-2)3-4-11(8)15-21(18,19)10-6-12(13(16)17)14-7-10/h3-7,14-15H,1-2H3,(H,16,17). The van der Waals surface area contributed by atoms with Gasteiger partial charge in [-0.05, 0) is 36.8 Å². The van der Waals surface area contributed by atoms with E-state index in [4.69, 9.17) is 9.84 Å². The molecule has 0 fully saturated rings. The number of sulfonamides is 1. The summed E-state index contributed by atoms with van der Waals surface area (Å²) in [5, 5.41) is 8.80. The molecule has 3 N–H and O–H groups in total. The Kier molecular flexibility index (Phi) is 3.90. The van der Waals surface area contributed by atoms with E-state index < -0.39 is 16.0 Å². The molecule has 1 aromatic carbocycles. The molecule has 0 aliphatic rings. The molecule has 0 unspecified atom stereocenters. The molecule has 0 atom stereocenters. The maximum atomic E-state index is 12.2. The van der Waals surface area contributed by atoms with Crippen LogP contribution in [0.3, 0.4) is 0 Å². The molecule has 0 amide bonds. The Morgan fingerprint density at radius 3 is 2.57 bits per heavy atom. The van der Waals surface area contributed by atoms with Gasteiger partial charge >= 0.3 is 5.97 Å². The van der Waals surface area contributed by atoms with Crippen LogP contribution < -0.4 is 9.46 Å². The Morgan fingerprint density at radius 2 is 2.05 bits per heavy atom. The van der Waals surface area contributed by atoms with Crippen LogP contribution in [-0.2, 0) is 10.0 Å². The smallest absolute Gasteiger partial charge is 0.352 e. The van der Waals surface area contributed by atoms with E-state index in [1.165, 1.54) is 7.11 Å². The van der Waals surface area contributed by atoms with Gasteiger partial charge in [-0.1, -0.05) is 0 Å². The highest BCUT2D eigenvalue weighted by molar-refractivity contribution is 7.92. The number of carbonyl (C=O) groups is 1. The highest BCUT2D eigenvalue weighted by atomic mass is 32.2. The number of aryl methyl sites for hydroxylation is 1. The monoisotopic (exact) mass is 310 g/mol. The molecule has 0 spiro atoms. The van der Waals surface area contributed by atoms with Gasteiger partial charge in [0.1, 0.15) is 16.3 Å². The minimum Gasteiger partial charge on any atom is -0.497 e. The van der Waals surface area contributed by atoms with Crippen molar-refractivity contribution in [3.05, 3.63) is 41.7 Å². The summed E-state index contributed by atoms with van der Waals surface area (Å²) >= 11 is 0. The van der Waals surface area contributed by atoms with Crippen LogP contribution in [0.5, 0.6) is 5.75 Å². The lowest BCUT2D eigenvalue weighted by Gasteiger charge is -2.10. The van der Waals surface area contributed by atoms with Gasteiger partial charge in [-0.3, -0.25) is 4.72 Å². The van der Waals surface area contributed by atoms with E-state index in [0.29, 0.717) is 17.0 Å². The van der Waals surface area contributed by atoms with Crippen molar-refractivity contribution in [3.63, 3.8) is 0 Å². The normalized spacial score (nSPS) is 11.1. The number of carboxylic acids is 1. The van der Waals surface area contributed by atoms with E-state index in [0.717, 1.165) is 12.3 Å². The van der Waals surface area contributed by atoms with Crippen molar-refractivity contribution in [2.24, 2.45) is 0 Å². The zero-order valence-electron chi connectivity index (χ0n) is 11.4. The summed E-state index contributed by atoms with van der Waals surface area (Å²) in [6.07, 6.45) is 1.13.